The van der Waals surface area contributed by atoms with Crippen LogP contribution in [0.5, 0.6) is 0 Å². The Balaban J connectivity index is 0.726. The van der Waals surface area contributed by atoms with E-state index in [9.17, 15) is 10.5 Å². The van der Waals surface area contributed by atoms with E-state index in [0.29, 0.717) is 11.1 Å². The zero-order valence-electron chi connectivity index (χ0n) is 52.2. The lowest BCUT2D eigenvalue weighted by Gasteiger charge is -2.29. The first-order chi connectivity index (χ1) is 41.5. The average Bonchev–Trinajstić information content (AvgIpc) is 1.76. The molecular formula is C83H74N4. The summed E-state index contributed by atoms with van der Waals surface area (Å²) in [6.07, 6.45) is 9.10. The van der Waals surface area contributed by atoms with Crippen molar-refractivity contribution in [2.45, 2.75) is 110 Å². The molecule has 3 aliphatic rings. The molecule has 3 aliphatic carbocycles. The fourth-order valence-electron chi connectivity index (χ4n) is 13.8. The Hall–Kier alpha value is -9.74. The van der Waals surface area contributed by atoms with Gasteiger partial charge < -0.3 is 9.80 Å². The first kappa shape index (κ1) is 56.4. The van der Waals surface area contributed by atoms with E-state index >= 15 is 0 Å². The van der Waals surface area contributed by atoms with E-state index in [1.54, 1.807) is 0 Å². The first-order valence-corrected chi connectivity index (χ1v) is 30.6. The molecule has 0 heterocycles. The van der Waals surface area contributed by atoms with Crippen LogP contribution in [0.2, 0.25) is 0 Å². The second-order valence-electron chi connectivity index (χ2n) is 27.8. The fraction of sp³-hybridized carbons (Fsp3) is 0.205. The Labute approximate surface area is 515 Å². The molecule has 0 saturated heterocycles. The van der Waals surface area contributed by atoms with Crippen LogP contribution in [-0.2, 0) is 27.1 Å². The van der Waals surface area contributed by atoms with Gasteiger partial charge in [-0.3, -0.25) is 0 Å². The molecular weight excluding hydrogens is 1050 g/mol. The maximum Gasteiger partial charge on any atom is 0.0991 e. The van der Waals surface area contributed by atoms with E-state index in [2.05, 4.69) is 287 Å². The molecule has 0 atom stereocenters. The molecule has 10 aromatic carbocycles. The molecule has 10 aromatic rings. The van der Waals surface area contributed by atoms with Crippen molar-refractivity contribution in [3.05, 3.63) is 284 Å². The summed E-state index contributed by atoms with van der Waals surface area (Å²) >= 11 is 0. The molecule has 4 nitrogen and oxygen atoms in total. The van der Waals surface area contributed by atoms with Crippen molar-refractivity contribution < 1.29 is 0 Å². The number of anilines is 6. The number of rotatable bonds is 10. The highest BCUT2D eigenvalue weighted by Crippen LogP contribution is 2.54. The van der Waals surface area contributed by atoms with Gasteiger partial charge in [-0.15, -0.1) is 0 Å². The first-order valence-electron chi connectivity index (χ1n) is 30.6. The van der Waals surface area contributed by atoms with Crippen molar-refractivity contribution in [2.75, 3.05) is 9.80 Å². The summed E-state index contributed by atoms with van der Waals surface area (Å²) in [4.78, 5) is 4.62. The van der Waals surface area contributed by atoms with Gasteiger partial charge in [0.25, 0.3) is 0 Å². The molecule has 13 rings (SSSR count). The van der Waals surface area contributed by atoms with Gasteiger partial charge in [-0.05, 0) is 208 Å². The van der Waals surface area contributed by atoms with Crippen molar-refractivity contribution in [3.63, 3.8) is 0 Å². The largest absolute Gasteiger partial charge is 0.310 e. The molecule has 0 radical (unpaired) electrons. The van der Waals surface area contributed by atoms with Gasteiger partial charge in [-0.2, -0.15) is 10.5 Å². The standard InChI is InChI=1S/C83H74N4/c1-79(2,3)59-25-33-63(34-26-59)86(61-29-17-57(51-84)18-30-61)65-37-43-71-69-41-23-55(47-75(69)82(9,10)77(71)49-65)15-13-53-21-39-67-68-40-22-54(46-74(68)81(7,8)73(67)45-53)14-16-56-24-42-70-72-44-38-66(50-78(72)83(11,12)76(70)48-56)87(62-31-19-58(52-85)20-32-62)64-35-27-60(28-36-64)80(4,5)6/h13-50H,1-12H3/b15-13+,16-14+. The zero-order chi connectivity index (χ0) is 61.0. The van der Waals surface area contributed by atoms with Crippen LogP contribution in [0.1, 0.15) is 161 Å². The number of hydrogen-bond acceptors (Lipinski definition) is 4. The SMILES string of the molecule is CC(C)(C)c1ccc(N(c2ccc(C#N)cc2)c2ccc3c(c2)C(C)(C)c2cc(/C=C/c4ccc5c(c4)C(C)(C)c4cc(/C=C/c6ccc7c(c6)C(C)(C)c6cc(N(c8ccc(C#N)cc8)c8ccc(C(C)(C)C)cc8)ccc6-7)ccc4-5)ccc2-3)cc1. The Morgan fingerprint density at radius 3 is 0.747 bits per heavy atom. The molecule has 0 aromatic heterocycles. The monoisotopic (exact) mass is 1130 g/mol. The Morgan fingerprint density at radius 2 is 0.506 bits per heavy atom. The molecule has 426 valence electrons. The summed E-state index contributed by atoms with van der Waals surface area (Å²) in [5.41, 5.74) is 30.1. The minimum absolute atomic E-state index is 0.0436. The summed E-state index contributed by atoms with van der Waals surface area (Å²) in [5.74, 6) is 0. The minimum atomic E-state index is -0.232. The van der Waals surface area contributed by atoms with E-state index in [-0.39, 0.29) is 27.1 Å². The van der Waals surface area contributed by atoms with Gasteiger partial charge >= 0.3 is 0 Å². The van der Waals surface area contributed by atoms with E-state index in [1.165, 1.54) is 100 Å². The van der Waals surface area contributed by atoms with Crippen molar-refractivity contribution in [1.82, 2.24) is 0 Å². The quantitative estimate of drug-likeness (QED) is 0.128. The predicted molar refractivity (Wildman–Crippen MR) is 366 cm³/mol. The number of nitrogens with zero attached hydrogens (tertiary/aromatic N) is 4. The van der Waals surface area contributed by atoms with E-state index in [0.717, 1.165) is 34.1 Å². The summed E-state index contributed by atoms with van der Waals surface area (Å²) in [7, 11) is 0. The van der Waals surface area contributed by atoms with Crippen LogP contribution in [0.4, 0.5) is 34.1 Å². The van der Waals surface area contributed by atoms with Gasteiger partial charge in [-0.1, -0.05) is 217 Å². The number of nitriles is 2. The normalized spacial score (nSPS) is 14.6. The van der Waals surface area contributed by atoms with Crippen LogP contribution >= 0.6 is 0 Å². The number of fused-ring (bicyclic) bond motifs is 9. The molecule has 87 heavy (non-hydrogen) atoms. The van der Waals surface area contributed by atoms with Gasteiger partial charge in [0.15, 0.2) is 0 Å². The molecule has 0 fully saturated rings. The second kappa shape index (κ2) is 20.8. The maximum atomic E-state index is 9.63. The highest BCUT2D eigenvalue weighted by Gasteiger charge is 2.39. The highest BCUT2D eigenvalue weighted by molar-refractivity contribution is 5.90. The summed E-state index contributed by atoms with van der Waals surface area (Å²) in [6.45, 7) is 27.6. The summed E-state index contributed by atoms with van der Waals surface area (Å²) < 4.78 is 0. The molecule has 0 spiro atoms. The van der Waals surface area contributed by atoms with Gasteiger partial charge in [0.05, 0.1) is 23.3 Å². The topological polar surface area (TPSA) is 54.1 Å². The van der Waals surface area contributed by atoms with Crippen LogP contribution in [-0.4, -0.2) is 0 Å². The van der Waals surface area contributed by atoms with Crippen molar-refractivity contribution in [3.8, 4) is 45.5 Å². The molecule has 0 unspecified atom stereocenters. The number of hydrogen-bond donors (Lipinski definition) is 0. The summed E-state index contributed by atoms with van der Waals surface area (Å²) in [6, 6.07) is 79.9. The third-order valence-corrected chi connectivity index (χ3v) is 19.0. The van der Waals surface area contributed by atoms with Crippen LogP contribution < -0.4 is 9.80 Å². The highest BCUT2D eigenvalue weighted by atomic mass is 15.1. The molecule has 0 aliphatic heterocycles. The van der Waals surface area contributed by atoms with Crippen molar-refractivity contribution in [2.24, 2.45) is 0 Å². The Morgan fingerprint density at radius 1 is 0.287 bits per heavy atom. The minimum Gasteiger partial charge on any atom is -0.310 e. The van der Waals surface area contributed by atoms with Crippen molar-refractivity contribution in [1.29, 1.82) is 10.5 Å². The van der Waals surface area contributed by atoms with E-state index < -0.39 is 0 Å². The molecule has 0 amide bonds. The van der Waals surface area contributed by atoms with Gasteiger partial charge in [0.1, 0.15) is 0 Å². The van der Waals surface area contributed by atoms with E-state index in [4.69, 9.17) is 0 Å². The fourth-order valence-corrected chi connectivity index (χ4v) is 13.8. The molecule has 0 N–H and O–H groups in total. The zero-order valence-corrected chi connectivity index (χ0v) is 52.2. The third-order valence-electron chi connectivity index (χ3n) is 19.0. The Kier molecular flexibility index (Phi) is 13.5. The lowest BCUT2D eigenvalue weighted by molar-refractivity contribution is 0.590. The van der Waals surface area contributed by atoms with Gasteiger partial charge in [0, 0.05) is 50.4 Å². The van der Waals surface area contributed by atoms with Gasteiger partial charge in [0.2, 0.25) is 0 Å². The Bertz CT molecular complexity index is 4240. The maximum absolute atomic E-state index is 9.63. The van der Waals surface area contributed by atoms with Crippen LogP contribution in [0.25, 0.3) is 57.7 Å². The lowest BCUT2D eigenvalue weighted by Crippen LogP contribution is -2.17. The van der Waals surface area contributed by atoms with Crippen LogP contribution in [0, 0.1) is 22.7 Å². The summed E-state index contributed by atoms with van der Waals surface area (Å²) in [5, 5.41) is 19.3. The van der Waals surface area contributed by atoms with Crippen LogP contribution in [0.3, 0.4) is 0 Å². The van der Waals surface area contributed by atoms with Crippen molar-refractivity contribution >= 4 is 58.4 Å². The number of benzene rings is 10. The average molecular weight is 1130 g/mol. The van der Waals surface area contributed by atoms with E-state index in [1.807, 2.05) is 48.5 Å². The van der Waals surface area contributed by atoms with Gasteiger partial charge in [-0.25, -0.2) is 0 Å². The third kappa shape index (κ3) is 9.88. The predicted octanol–water partition coefficient (Wildman–Crippen LogP) is 22.2. The molecule has 0 bridgehead atoms. The molecule has 0 saturated carbocycles. The second-order valence-corrected chi connectivity index (χ2v) is 27.8. The lowest BCUT2D eigenvalue weighted by atomic mass is 9.81. The smallest absolute Gasteiger partial charge is 0.0991 e. The van der Waals surface area contributed by atoms with Crippen LogP contribution in [0.15, 0.2) is 206 Å². The molecule has 4 heteroatoms.